The highest BCUT2D eigenvalue weighted by Crippen LogP contribution is 2.07. The Morgan fingerprint density at radius 1 is 1.41 bits per heavy atom. The molecule has 5 nitrogen and oxygen atoms in total. The minimum Gasteiger partial charge on any atom is -0.478 e. The van der Waals surface area contributed by atoms with Gasteiger partial charge >= 0.3 is 5.97 Å². The Morgan fingerprint density at radius 3 is 2.71 bits per heavy atom. The van der Waals surface area contributed by atoms with Gasteiger partial charge in [-0.05, 0) is 24.7 Å². The molecule has 0 atom stereocenters. The third-order valence-corrected chi connectivity index (χ3v) is 2.32. The molecule has 0 spiro atoms. The van der Waals surface area contributed by atoms with Crippen LogP contribution in [0.5, 0.6) is 0 Å². The number of hydrogen-bond acceptors (Lipinski definition) is 3. The zero-order valence-corrected chi connectivity index (χ0v) is 9.93. The zero-order chi connectivity index (χ0) is 12.8. The van der Waals surface area contributed by atoms with Crippen LogP contribution in [0, 0.1) is 0 Å². The highest BCUT2D eigenvalue weighted by atomic mass is 16.4. The van der Waals surface area contributed by atoms with Crippen LogP contribution in [0.25, 0.3) is 0 Å². The van der Waals surface area contributed by atoms with Crippen LogP contribution in [0.4, 0.5) is 0 Å². The Hall–Kier alpha value is -1.88. The molecule has 0 aromatic heterocycles. The Bertz CT molecular complexity index is 418. The van der Waals surface area contributed by atoms with Crippen LogP contribution >= 0.6 is 0 Å². The second kappa shape index (κ2) is 6.00. The lowest BCUT2D eigenvalue weighted by Crippen LogP contribution is -2.32. The number of benzene rings is 1. The molecule has 0 heterocycles. The van der Waals surface area contributed by atoms with Crippen molar-refractivity contribution in [1.29, 1.82) is 0 Å². The van der Waals surface area contributed by atoms with Gasteiger partial charge in [-0.1, -0.05) is 12.1 Å². The third kappa shape index (κ3) is 4.24. The molecule has 2 N–H and O–H groups in total. The summed E-state index contributed by atoms with van der Waals surface area (Å²) in [5.41, 5.74) is 1.13. The zero-order valence-electron chi connectivity index (χ0n) is 9.93. The molecule has 5 heteroatoms. The summed E-state index contributed by atoms with van der Waals surface area (Å²) in [6, 6.07) is 6.70. The van der Waals surface area contributed by atoms with Gasteiger partial charge in [0.2, 0.25) is 5.91 Å². The molecule has 0 radical (unpaired) electrons. The molecule has 0 saturated heterocycles. The number of carbonyl (C=O) groups excluding carboxylic acids is 1. The van der Waals surface area contributed by atoms with Gasteiger partial charge in [-0.25, -0.2) is 4.79 Å². The second-order valence-corrected chi connectivity index (χ2v) is 3.85. The number of nitrogens with one attached hydrogen (secondary N) is 1. The molecular weight excluding hydrogens is 220 g/mol. The largest absolute Gasteiger partial charge is 0.478 e. The van der Waals surface area contributed by atoms with E-state index in [1.165, 1.54) is 0 Å². The van der Waals surface area contributed by atoms with E-state index >= 15 is 0 Å². The fourth-order valence-electron chi connectivity index (χ4n) is 1.49. The molecule has 0 aliphatic heterocycles. The van der Waals surface area contributed by atoms with Crippen molar-refractivity contribution in [2.75, 3.05) is 20.6 Å². The van der Waals surface area contributed by atoms with Crippen molar-refractivity contribution in [1.82, 2.24) is 10.2 Å². The SMILES string of the molecule is CNC(=O)CN(C)Cc1cccc(C(=O)O)c1. The van der Waals surface area contributed by atoms with Gasteiger partial charge in [0.1, 0.15) is 0 Å². The highest BCUT2D eigenvalue weighted by molar-refractivity contribution is 5.87. The van der Waals surface area contributed by atoms with E-state index in [0.717, 1.165) is 5.56 Å². The summed E-state index contributed by atoms with van der Waals surface area (Å²) >= 11 is 0. The first kappa shape index (κ1) is 13.2. The quantitative estimate of drug-likeness (QED) is 0.784. The molecule has 0 bridgehead atoms. The first-order valence-electron chi connectivity index (χ1n) is 5.24. The predicted molar refractivity (Wildman–Crippen MR) is 63.8 cm³/mol. The van der Waals surface area contributed by atoms with Gasteiger partial charge in [-0.3, -0.25) is 9.69 Å². The summed E-state index contributed by atoms with van der Waals surface area (Å²) in [5, 5.41) is 11.4. The number of carboxylic acid groups (broad SMARTS) is 1. The molecule has 92 valence electrons. The molecular formula is C12H16N2O3. The topological polar surface area (TPSA) is 69.6 Å². The lowest BCUT2D eigenvalue weighted by Gasteiger charge is -2.15. The van der Waals surface area contributed by atoms with E-state index in [-0.39, 0.29) is 18.0 Å². The van der Waals surface area contributed by atoms with E-state index < -0.39 is 5.97 Å². The van der Waals surface area contributed by atoms with E-state index in [0.29, 0.717) is 6.54 Å². The molecule has 0 fully saturated rings. The molecule has 0 aliphatic rings. The third-order valence-electron chi connectivity index (χ3n) is 2.32. The van der Waals surface area contributed by atoms with E-state index in [2.05, 4.69) is 5.32 Å². The average molecular weight is 236 g/mol. The number of nitrogens with zero attached hydrogens (tertiary/aromatic N) is 1. The first-order valence-corrected chi connectivity index (χ1v) is 5.24. The average Bonchev–Trinajstić information content (AvgIpc) is 2.28. The van der Waals surface area contributed by atoms with Gasteiger partial charge in [0.15, 0.2) is 0 Å². The minimum absolute atomic E-state index is 0.0677. The van der Waals surface area contributed by atoms with E-state index in [1.54, 1.807) is 25.2 Å². The summed E-state index contributed by atoms with van der Waals surface area (Å²) in [6.45, 7) is 0.822. The fraction of sp³-hybridized carbons (Fsp3) is 0.333. The Balaban J connectivity index is 2.65. The predicted octanol–water partition coefficient (Wildman–Crippen LogP) is 0.563. The number of carboxylic acids is 1. The maximum absolute atomic E-state index is 11.1. The van der Waals surface area contributed by atoms with E-state index in [9.17, 15) is 9.59 Å². The number of rotatable bonds is 5. The first-order chi connectivity index (χ1) is 8.02. The molecule has 1 amide bonds. The van der Waals surface area contributed by atoms with Crippen molar-refractivity contribution < 1.29 is 14.7 Å². The minimum atomic E-state index is -0.944. The normalized spacial score (nSPS) is 10.3. The van der Waals surface area contributed by atoms with Crippen molar-refractivity contribution in [3.8, 4) is 0 Å². The summed E-state index contributed by atoms with van der Waals surface area (Å²) in [7, 11) is 3.39. The van der Waals surface area contributed by atoms with Crippen LogP contribution in [-0.2, 0) is 11.3 Å². The van der Waals surface area contributed by atoms with Crippen LogP contribution in [-0.4, -0.2) is 42.5 Å². The molecule has 0 aliphatic carbocycles. The van der Waals surface area contributed by atoms with Crippen molar-refractivity contribution >= 4 is 11.9 Å². The highest BCUT2D eigenvalue weighted by Gasteiger charge is 2.07. The maximum Gasteiger partial charge on any atom is 0.335 e. The fourth-order valence-corrected chi connectivity index (χ4v) is 1.49. The van der Waals surface area contributed by atoms with Crippen LogP contribution in [0.2, 0.25) is 0 Å². The van der Waals surface area contributed by atoms with Crippen LogP contribution in [0.1, 0.15) is 15.9 Å². The molecule has 0 saturated carbocycles. The number of carbonyl (C=O) groups is 2. The van der Waals surface area contributed by atoms with Crippen molar-refractivity contribution in [3.05, 3.63) is 35.4 Å². The van der Waals surface area contributed by atoms with Gasteiger partial charge in [0.25, 0.3) is 0 Å². The van der Waals surface area contributed by atoms with Crippen molar-refractivity contribution in [2.24, 2.45) is 0 Å². The van der Waals surface area contributed by atoms with Crippen LogP contribution in [0.3, 0.4) is 0 Å². The molecule has 1 aromatic rings. The Kier molecular flexibility index (Phi) is 4.66. The van der Waals surface area contributed by atoms with E-state index in [4.69, 9.17) is 5.11 Å². The lowest BCUT2D eigenvalue weighted by molar-refractivity contribution is -0.121. The molecule has 17 heavy (non-hydrogen) atoms. The number of amides is 1. The lowest BCUT2D eigenvalue weighted by atomic mass is 10.1. The summed E-state index contributed by atoms with van der Waals surface area (Å²) in [6.07, 6.45) is 0. The summed E-state index contributed by atoms with van der Waals surface area (Å²) in [5.74, 6) is -1.01. The van der Waals surface area contributed by atoms with Gasteiger partial charge in [-0.2, -0.15) is 0 Å². The van der Waals surface area contributed by atoms with E-state index in [1.807, 2.05) is 18.0 Å². The van der Waals surface area contributed by atoms with Gasteiger partial charge < -0.3 is 10.4 Å². The van der Waals surface area contributed by atoms with Gasteiger partial charge in [-0.15, -0.1) is 0 Å². The smallest absolute Gasteiger partial charge is 0.335 e. The second-order valence-electron chi connectivity index (χ2n) is 3.85. The van der Waals surface area contributed by atoms with Crippen LogP contribution < -0.4 is 5.32 Å². The Morgan fingerprint density at radius 2 is 2.12 bits per heavy atom. The molecule has 1 rings (SSSR count). The monoisotopic (exact) mass is 236 g/mol. The number of aromatic carboxylic acids is 1. The summed E-state index contributed by atoms with van der Waals surface area (Å²) < 4.78 is 0. The van der Waals surface area contributed by atoms with Gasteiger partial charge in [0, 0.05) is 13.6 Å². The maximum atomic E-state index is 11.1. The van der Waals surface area contributed by atoms with Crippen molar-refractivity contribution in [2.45, 2.75) is 6.54 Å². The summed E-state index contributed by atoms with van der Waals surface area (Å²) in [4.78, 5) is 23.7. The number of hydrogen-bond donors (Lipinski definition) is 2. The standard InChI is InChI=1S/C12H16N2O3/c1-13-11(15)8-14(2)7-9-4-3-5-10(6-9)12(16)17/h3-6H,7-8H2,1-2H3,(H,13,15)(H,16,17). The number of likely N-dealkylation sites (N-methyl/N-ethyl adjacent to an activating group) is 2. The Labute approximate surface area is 100 Å². The molecule has 0 unspecified atom stereocenters. The molecule has 1 aromatic carbocycles. The van der Waals surface area contributed by atoms with Crippen molar-refractivity contribution in [3.63, 3.8) is 0 Å². The van der Waals surface area contributed by atoms with Crippen LogP contribution in [0.15, 0.2) is 24.3 Å². The van der Waals surface area contributed by atoms with Gasteiger partial charge in [0.05, 0.1) is 12.1 Å².